The Balaban J connectivity index is 2.51. The molecule has 1 rings (SSSR count). The van der Waals surface area contributed by atoms with Gasteiger partial charge in [0.1, 0.15) is 6.61 Å². The van der Waals surface area contributed by atoms with Gasteiger partial charge in [-0.05, 0) is 31.9 Å². The fourth-order valence-corrected chi connectivity index (χ4v) is 1.52. The van der Waals surface area contributed by atoms with Crippen molar-refractivity contribution >= 4 is 5.97 Å². The molecule has 90 valence electrons. The van der Waals surface area contributed by atoms with Crippen LogP contribution in [0.2, 0.25) is 0 Å². The summed E-state index contributed by atoms with van der Waals surface area (Å²) >= 11 is 0. The number of carbonyl (C=O) groups is 1. The second-order valence-electron chi connectivity index (χ2n) is 4.32. The Morgan fingerprint density at radius 3 is 2.76 bits per heavy atom. The lowest BCUT2D eigenvalue weighted by Gasteiger charge is -2.08. The summed E-state index contributed by atoms with van der Waals surface area (Å²) in [6.07, 6.45) is 0.154. The molecule has 1 aromatic rings. The molecular formula is C14H17NO2. The molecule has 0 spiro atoms. The normalized spacial score (nSPS) is 11.6. The second-order valence-corrected chi connectivity index (χ2v) is 4.32. The Kier molecular flexibility index (Phi) is 4.71. The third kappa shape index (κ3) is 4.28. The van der Waals surface area contributed by atoms with Crippen molar-refractivity contribution < 1.29 is 9.53 Å². The fraction of sp³-hybridized carbons (Fsp3) is 0.429. The summed E-state index contributed by atoms with van der Waals surface area (Å²) in [5, 5.41) is 8.59. The summed E-state index contributed by atoms with van der Waals surface area (Å²) in [5.41, 5.74) is 3.32. The summed E-state index contributed by atoms with van der Waals surface area (Å²) in [5.74, 6) is -0.611. The van der Waals surface area contributed by atoms with Gasteiger partial charge in [0.25, 0.3) is 0 Å². The highest BCUT2D eigenvalue weighted by Crippen LogP contribution is 2.12. The van der Waals surface area contributed by atoms with Crippen LogP contribution in [0.25, 0.3) is 0 Å². The van der Waals surface area contributed by atoms with E-state index in [0.29, 0.717) is 0 Å². The van der Waals surface area contributed by atoms with Gasteiger partial charge in [-0.2, -0.15) is 5.26 Å². The number of aryl methyl sites for hydroxylation is 2. The maximum absolute atomic E-state index is 11.4. The van der Waals surface area contributed by atoms with Crippen LogP contribution in [0.5, 0.6) is 0 Å². The SMILES string of the molecule is Cc1ccc(COC(=O)CC(C)C#N)c(C)c1. The van der Waals surface area contributed by atoms with Gasteiger partial charge in [-0.25, -0.2) is 0 Å². The molecule has 1 aromatic carbocycles. The van der Waals surface area contributed by atoms with Crippen molar-refractivity contribution in [3.63, 3.8) is 0 Å². The Labute approximate surface area is 102 Å². The predicted octanol–water partition coefficient (Wildman–Crippen LogP) is 2.90. The zero-order valence-corrected chi connectivity index (χ0v) is 10.5. The highest BCUT2D eigenvalue weighted by molar-refractivity contribution is 5.70. The Bertz CT molecular complexity index is 446. The van der Waals surface area contributed by atoms with Crippen molar-refractivity contribution in [1.82, 2.24) is 0 Å². The van der Waals surface area contributed by atoms with E-state index in [1.54, 1.807) is 6.92 Å². The minimum atomic E-state index is -0.320. The molecule has 0 amide bonds. The number of esters is 1. The van der Waals surface area contributed by atoms with Crippen molar-refractivity contribution in [3.05, 3.63) is 34.9 Å². The maximum atomic E-state index is 11.4. The van der Waals surface area contributed by atoms with E-state index < -0.39 is 0 Å². The topological polar surface area (TPSA) is 50.1 Å². The van der Waals surface area contributed by atoms with Crippen LogP contribution >= 0.6 is 0 Å². The smallest absolute Gasteiger partial charge is 0.307 e. The molecule has 0 heterocycles. The standard InChI is InChI=1S/C14H17NO2/c1-10-4-5-13(12(3)6-10)9-17-14(16)7-11(2)8-15/h4-6,11H,7,9H2,1-3H3. The summed E-state index contributed by atoms with van der Waals surface area (Å²) in [6.45, 7) is 6.01. The number of carbonyl (C=O) groups excluding carboxylic acids is 1. The first kappa shape index (κ1) is 13.2. The maximum Gasteiger partial charge on any atom is 0.307 e. The van der Waals surface area contributed by atoms with Gasteiger partial charge in [-0.3, -0.25) is 4.79 Å². The molecule has 3 nitrogen and oxygen atoms in total. The van der Waals surface area contributed by atoms with Gasteiger partial charge in [-0.15, -0.1) is 0 Å². The number of hydrogen-bond donors (Lipinski definition) is 0. The van der Waals surface area contributed by atoms with Crippen molar-refractivity contribution in [3.8, 4) is 6.07 Å². The van der Waals surface area contributed by atoms with E-state index in [2.05, 4.69) is 6.07 Å². The Hall–Kier alpha value is -1.82. The van der Waals surface area contributed by atoms with Gasteiger partial charge in [0, 0.05) is 0 Å². The number of ether oxygens (including phenoxy) is 1. The highest BCUT2D eigenvalue weighted by Gasteiger charge is 2.10. The van der Waals surface area contributed by atoms with Crippen LogP contribution < -0.4 is 0 Å². The van der Waals surface area contributed by atoms with E-state index in [1.165, 1.54) is 5.56 Å². The van der Waals surface area contributed by atoms with Crippen LogP contribution in [0.4, 0.5) is 0 Å². The van der Waals surface area contributed by atoms with E-state index in [4.69, 9.17) is 10.00 Å². The molecule has 1 unspecified atom stereocenters. The Morgan fingerprint density at radius 2 is 2.18 bits per heavy atom. The summed E-state index contributed by atoms with van der Waals surface area (Å²) in [6, 6.07) is 8.03. The first-order chi connectivity index (χ1) is 8.02. The average Bonchev–Trinajstić information content (AvgIpc) is 2.27. The first-order valence-corrected chi connectivity index (χ1v) is 5.64. The predicted molar refractivity (Wildman–Crippen MR) is 65.1 cm³/mol. The summed E-state index contributed by atoms with van der Waals surface area (Å²) in [4.78, 5) is 11.4. The molecule has 0 aliphatic heterocycles. The van der Waals surface area contributed by atoms with Crippen LogP contribution in [0.1, 0.15) is 30.0 Å². The van der Waals surface area contributed by atoms with Crippen molar-refractivity contribution in [2.24, 2.45) is 5.92 Å². The molecule has 0 radical (unpaired) electrons. The van der Waals surface area contributed by atoms with Crippen LogP contribution in [0.15, 0.2) is 18.2 Å². The molecule has 0 aliphatic rings. The van der Waals surface area contributed by atoms with E-state index >= 15 is 0 Å². The van der Waals surface area contributed by atoms with Crippen LogP contribution in [-0.2, 0) is 16.1 Å². The number of benzene rings is 1. The van der Waals surface area contributed by atoms with Gasteiger partial charge in [0.2, 0.25) is 0 Å². The number of hydrogen-bond acceptors (Lipinski definition) is 3. The lowest BCUT2D eigenvalue weighted by atomic mass is 10.1. The minimum absolute atomic E-state index is 0.154. The van der Waals surface area contributed by atoms with Crippen LogP contribution in [0, 0.1) is 31.1 Å². The van der Waals surface area contributed by atoms with Crippen molar-refractivity contribution in [2.45, 2.75) is 33.8 Å². The number of rotatable bonds is 4. The summed E-state index contributed by atoms with van der Waals surface area (Å²) < 4.78 is 5.13. The molecule has 3 heteroatoms. The Morgan fingerprint density at radius 1 is 1.47 bits per heavy atom. The van der Waals surface area contributed by atoms with Gasteiger partial charge in [0.15, 0.2) is 0 Å². The second kappa shape index (κ2) is 6.05. The average molecular weight is 231 g/mol. The molecule has 0 aliphatic carbocycles. The molecule has 0 fully saturated rings. The van der Waals surface area contributed by atoms with E-state index in [0.717, 1.165) is 11.1 Å². The molecule has 0 saturated heterocycles. The van der Waals surface area contributed by atoms with Crippen LogP contribution in [-0.4, -0.2) is 5.97 Å². The van der Waals surface area contributed by atoms with Crippen molar-refractivity contribution in [1.29, 1.82) is 5.26 Å². The van der Waals surface area contributed by atoms with Crippen LogP contribution in [0.3, 0.4) is 0 Å². The van der Waals surface area contributed by atoms with E-state index in [9.17, 15) is 4.79 Å². The minimum Gasteiger partial charge on any atom is -0.461 e. The molecule has 1 atom stereocenters. The summed E-state index contributed by atoms with van der Waals surface area (Å²) in [7, 11) is 0. The molecule has 17 heavy (non-hydrogen) atoms. The monoisotopic (exact) mass is 231 g/mol. The van der Waals surface area contributed by atoms with E-state index in [-0.39, 0.29) is 24.9 Å². The molecule has 0 bridgehead atoms. The largest absolute Gasteiger partial charge is 0.461 e. The third-order valence-electron chi connectivity index (χ3n) is 2.58. The van der Waals surface area contributed by atoms with Gasteiger partial charge in [-0.1, -0.05) is 23.8 Å². The molecule has 0 aromatic heterocycles. The molecule has 0 N–H and O–H groups in total. The van der Waals surface area contributed by atoms with Crippen molar-refractivity contribution in [2.75, 3.05) is 0 Å². The van der Waals surface area contributed by atoms with Gasteiger partial charge in [0.05, 0.1) is 18.4 Å². The quantitative estimate of drug-likeness (QED) is 0.749. The van der Waals surface area contributed by atoms with Gasteiger partial charge < -0.3 is 4.74 Å². The number of nitrogens with zero attached hydrogens (tertiary/aromatic N) is 1. The third-order valence-corrected chi connectivity index (χ3v) is 2.58. The van der Waals surface area contributed by atoms with E-state index in [1.807, 2.05) is 32.0 Å². The van der Waals surface area contributed by atoms with Gasteiger partial charge >= 0.3 is 5.97 Å². The first-order valence-electron chi connectivity index (χ1n) is 5.64. The molecule has 0 saturated carbocycles. The zero-order valence-electron chi connectivity index (χ0n) is 10.5. The molecular weight excluding hydrogens is 214 g/mol. The number of nitriles is 1. The zero-order chi connectivity index (χ0) is 12.8. The fourth-order valence-electron chi connectivity index (χ4n) is 1.52. The lowest BCUT2D eigenvalue weighted by molar-refractivity contribution is -0.145. The highest BCUT2D eigenvalue weighted by atomic mass is 16.5. The lowest BCUT2D eigenvalue weighted by Crippen LogP contribution is -2.09.